The van der Waals surface area contributed by atoms with E-state index in [0.29, 0.717) is 28.2 Å². The Kier molecular flexibility index (Phi) is 5.63. The number of likely N-dealkylation sites (N-methyl/N-ethyl adjacent to an activating group) is 1. The molecule has 26 heavy (non-hydrogen) atoms. The Hall–Kier alpha value is -2.73. The Morgan fingerprint density at radius 2 is 1.92 bits per heavy atom. The molecule has 0 saturated carbocycles. The van der Waals surface area contributed by atoms with Crippen LogP contribution < -0.4 is 9.47 Å². The van der Waals surface area contributed by atoms with E-state index in [4.69, 9.17) is 9.47 Å². The van der Waals surface area contributed by atoms with Gasteiger partial charge in [0.15, 0.2) is 16.7 Å². The number of para-hydroxylation sites is 1. The van der Waals surface area contributed by atoms with Gasteiger partial charge < -0.3 is 9.47 Å². The first-order valence-corrected chi connectivity index (χ1v) is 9.06. The second-order valence-electron chi connectivity index (χ2n) is 5.55. The Labute approximate surface area is 157 Å². The third kappa shape index (κ3) is 3.91. The molecule has 1 saturated heterocycles. The number of benzene rings is 2. The number of ether oxygens (including phenoxy) is 2. The minimum atomic E-state index is -0.0717. The van der Waals surface area contributed by atoms with Crippen molar-refractivity contribution in [3.05, 3.63) is 59.0 Å². The largest absolute Gasteiger partial charge is 0.493 e. The molecule has 0 aromatic heterocycles. The minimum absolute atomic E-state index is 0.0717. The fraction of sp³-hybridized carbons (Fsp3) is 0.200. The molecule has 0 bridgehead atoms. The van der Waals surface area contributed by atoms with E-state index in [0.717, 1.165) is 11.3 Å². The Balaban J connectivity index is 1.87. The maximum absolute atomic E-state index is 12.5. The fourth-order valence-electron chi connectivity index (χ4n) is 2.46. The predicted octanol–water partition coefficient (Wildman–Crippen LogP) is 4.33. The molecule has 0 aliphatic carbocycles. The van der Waals surface area contributed by atoms with Crippen LogP contribution in [0.5, 0.6) is 11.5 Å². The van der Waals surface area contributed by atoms with Crippen molar-refractivity contribution in [1.29, 1.82) is 0 Å². The molecule has 0 radical (unpaired) electrons. The molecule has 134 valence electrons. The lowest BCUT2D eigenvalue weighted by atomic mass is 10.2. The van der Waals surface area contributed by atoms with Crippen molar-refractivity contribution >= 4 is 34.6 Å². The molecular formula is C20H20N2O3S. The van der Waals surface area contributed by atoms with Crippen molar-refractivity contribution < 1.29 is 14.3 Å². The van der Waals surface area contributed by atoms with Gasteiger partial charge in [0.05, 0.1) is 24.3 Å². The molecule has 1 fully saturated rings. The highest BCUT2D eigenvalue weighted by Crippen LogP contribution is 2.35. The van der Waals surface area contributed by atoms with Gasteiger partial charge in [-0.25, -0.2) is 4.99 Å². The molecule has 6 heteroatoms. The summed E-state index contributed by atoms with van der Waals surface area (Å²) in [6, 6.07) is 15.2. The van der Waals surface area contributed by atoms with Gasteiger partial charge in [-0.05, 0) is 54.6 Å². The Bertz CT molecular complexity index is 863. The van der Waals surface area contributed by atoms with Gasteiger partial charge >= 0.3 is 0 Å². The van der Waals surface area contributed by atoms with Crippen molar-refractivity contribution in [2.75, 3.05) is 20.8 Å². The number of carbonyl (C=O) groups excluding carboxylic acids is 1. The molecule has 1 amide bonds. The first-order chi connectivity index (χ1) is 12.6. The van der Waals surface area contributed by atoms with Crippen molar-refractivity contribution in [2.45, 2.75) is 6.92 Å². The SMILES string of the molecule is CCOc1ccc(/C=C2/SC(=Nc3ccccc3)N(C)C2=O)cc1OC. The molecule has 1 aliphatic heterocycles. The van der Waals surface area contributed by atoms with Crippen molar-refractivity contribution in [3.8, 4) is 11.5 Å². The van der Waals surface area contributed by atoms with Crippen LogP contribution in [0.1, 0.15) is 12.5 Å². The normalized spacial score (nSPS) is 17.2. The number of hydrogen-bond donors (Lipinski definition) is 0. The van der Waals surface area contributed by atoms with Crippen LogP contribution in [0.3, 0.4) is 0 Å². The summed E-state index contributed by atoms with van der Waals surface area (Å²) in [7, 11) is 3.33. The zero-order valence-corrected chi connectivity index (χ0v) is 15.7. The van der Waals surface area contributed by atoms with Gasteiger partial charge in [0, 0.05) is 7.05 Å². The highest BCUT2D eigenvalue weighted by molar-refractivity contribution is 8.18. The zero-order chi connectivity index (χ0) is 18.5. The van der Waals surface area contributed by atoms with E-state index >= 15 is 0 Å². The molecule has 0 spiro atoms. The fourth-order valence-corrected chi connectivity index (χ4v) is 3.45. The topological polar surface area (TPSA) is 51.1 Å². The molecular weight excluding hydrogens is 348 g/mol. The maximum atomic E-state index is 12.5. The highest BCUT2D eigenvalue weighted by Gasteiger charge is 2.30. The predicted molar refractivity (Wildman–Crippen MR) is 106 cm³/mol. The van der Waals surface area contributed by atoms with Crippen LogP contribution in [0.15, 0.2) is 58.4 Å². The second-order valence-corrected chi connectivity index (χ2v) is 6.56. The quantitative estimate of drug-likeness (QED) is 0.737. The average Bonchev–Trinajstić information content (AvgIpc) is 2.92. The first-order valence-electron chi connectivity index (χ1n) is 8.24. The van der Waals surface area contributed by atoms with Crippen LogP contribution in [0.4, 0.5) is 5.69 Å². The minimum Gasteiger partial charge on any atom is -0.493 e. The van der Waals surface area contributed by atoms with Crippen LogP contribution >= 0.6 is 11.8 Å². The molecule has 0 N–H and O–H groups in total. The van der Waals surface area contributed by atoms with E-state index in [1.165, 1.54) is 11.8 Å². The smallest absolute Gasteiger partial charge is 0.266 e. The third-order valence-corrected chi connectivity index (χ3v) is 4.83. The number of methoxy groups -OCH3 is 1. The Morgan fingerprint density at radius 1 is 1.15 bits per heavy atom. The second kappa shape index (κ2) is 8.10. The maximum Gasteiger partial charge on any atom is 0.266 e. The van der Waals surface area contributed by atoms with Gasteiger partial charge in [-0.1, -0.05) is 24.3 Å². The summed E-state index contributed by atoms with van der Waals surface area (Å²) in [6.45, 7) is 2.49. The molecule has 0 atom stereocenters. The number of aliphatic imine (C=N–C) groups is 1. The van der Waals surface area contributed by atoms with E-state index in [2.05, 4.69) is 4.99 Å². The lowest BCUT2D eigenvalue weighted by Gasteiger charge is -2.09. The number of amides is 1. The van der Waals surface area contributed by atoms with Gasteiger partial charge in [0.2, 0.25) is 0 Å². The van der Waals surface area contributed by atoms with E-state index in [9.17, 15) is 4.79 Å². The van der Waals surface area contributed by atoms with Crippen LogP contribution in [0, 0.1) is 0 Å². The number of nitrogens with zero attached hydrogens (tertiary/aromatic N) is 2. The molecule has 0 unspecified atom stereocenters. The van der Waals surface area contributed by atoms with Gasteiger partial charge in [-0.2, -0.15) is 0 Å². The van der Waals surface area contributed by atoms with Gasteiger partial charge in [-0.3, -0.25) is 9.69 Å². The van der Waals surface area contributed by atoms with Gasteiger partial charge in [-0.15, -0.1) is 0 Å². The average molecular weight is 368 g/mol. The van der Waals surface area contributed by atoms with Gasteiger partial charge in [0.25, 0.3) is 5.91 Å². The number of hydrogen-bond acceptors (Lipinski definition) is 5. The van der Waals surface area contributed by atoms with Crippen LogP contribution in [0.2, 0.25) is 0 Å². The number of amidine groups is 1. The molecule has 2 aromatic carbocycles. The summed E-state index contributed by atoms with van der Waals surface area (Å²) < 4.78 is 10.9. The summed E-state index contributed by atoms with van der Waals surface area (Å²) in [5.41, 5.74) is 1.69. The van der Waals surface area contributed by atoms with Crippen LogP contribution in [-0.4, -0.2) is 36.7 Å². The molecule has 1 aliphatic rings. The lowest BCUT2D eigenvalue weighted by molar-refractivity contribution is -0.121. The first kappa shape index (κ1) is 18.1. The highest BCUT2D eigenvalue weighted by atomic mass is 32.2. The van der Waals surface area contributed by atoms with Crippen molar-refractivity contribution in [3.63, 3.8) is 0 Å². The van der Waals surface area contributed by atoms with Gasteiger partial charge in [0.1, 0.15) is 0 Å². The van der Waals surface area contributed by atoms with E-state index in [1.807, 2.05) is 61.5 Å². The molecule has 3 rings (SSSR count). The molecule has 2 aromatic rings. The standard InChI is InChI=1S/C20H20N2O3S/c1-4-25-16-11-10-14(12-17(16)24-3)13-18-19(23)22(2)20(26-18)21-15-8-6-5-7-9-15/h5-13H,4H2,1-3H3/b18-13+,21-20?. The number of thioether (sulfide) groups is 1. The Morgan fingerprint density at radius 3 is 2.62 bits per heavy atom. The summed E-state index contributed by atoms with van der Waals surface area (Å²) in [4.78, 5) is 19.3. The van der Waals surface area contributed by atoms with Crippen LogP contribution in [-0.2, 0) is 4.79 Å². The van der Waals surface area contributed by atoms with Crippen molar-refractivity contribution in [1.82, 2.24) is 4.90 Å². The lowest BCUT2D eigenvalue weighted by Crippen LogP contribution is -2.23. The van der Waals surface area contributed by atoms with Crippen LogP contribution in [0.25, 0.3) is 6.08 Å². The number of carbonyl (C=O) groups is 1. The monoisotopic (exact) mass is 368 g/mol. The molecule has 5 nitrogen and oxygen atoms in total. The third-order valence-electron chi connectivity index (χ3n) is 3.77. The van der Waals surface area contributed by atoms with E-state index in [1.54, 1.807) is 19.1 Å². The summed E-state index contributed by atoms with van der Waals surface area (Å²) in [5.74, 6) is 1.26. The number of rotatable bonds is 5. The summed E-state index contributed by atoms with van der Waals surface area (Å²) in [5, 5.41) is 0.658. The zero-order valence-electron chi connectivity index (χ0n) is 14.9. The summed E-state index contributed by atoms with van der Waals surface area (Å²) in [6.07, 6.45) is 1.84. The van der Waals surface area contributed by atoms with E-state index < -0.39 is 0 Å². The van der Waals surface area contributed by atoms with Crippen molar-refractivity contribution in [2.24, 2.45) is 4.99 Å². The molecule has 1 heterocycles. The van der Waals surface area contributed by atoms with E-state index in [-0.39, 0.29) is 5.91 Å². The summed E-state index contributed by atoms with van der Waals surface area (Å²) >= 11 is 1.36.